The van der Waals surface area contributed by atoms with Gasteiger partial charge in [0.25, 0.3) is 0 Å². The highest BCUT2D eigenvalue weighted by atomic mass is 16.4. The van der Waals surface area contributed by atoms with Gasteiger partial charge in [0.15, 0.2) is 0 Å². The summed E-state index contributed by atoms with van der Waals surface area (Å²) >= 11 is 0. The van der Waals surface area contributed by atoms with Gasteiger partial charge in [-0.3, -0.25) is 0 Å². The van der Waals surface area contributed by atoms with Crippen LogP contribution in [-0.2, 0) is 0 Å². The molecule has 0 spiro atoms. The molecule has 6 atom stereocenters. The molecular formula is C15H24O3. The third-order valence-electron chi connectivity index (χ3n) is 6.16. The van der Waals surface area contributed by atoms with Crippen molar-refractivity contribution in [3.8, 4) is 0 Å². The average Bonchev–Trinajstić information content (AvgIpc) is 2.72. The maximum absolute atomic E-state index is 10.9. The summed E-state index contributed by atoms with van der Waals surface area (Å²) in [5.74, 6) is 0.210. The number of rotatable bonds is 0. The van der Waals surface area contributed by atoms with Gasteiger partial charge in [-0.15, -0.1) is 0 Å². The summed E-state index contributed by atoms with van der Waals surface area (Å²) in [5.41, 5.74) is -0.480. The minimum Gasteiger partial charge on any atom is -0.393 e. The summed E-state index contributed by atoms with van der Waals surface area (Å²) in [5, 5.41) is 31.6. The van der Waals surface area contributed by atoms with Gasteiger partial charge in [-0.05, 0) is 29.2 Å². The fourth-order valence-corrected chi connectivity index (χ4v) is 4.89. The second-order valence-corrected chi connectivity index (χ2v) is 7.56. The van der Waals surface area contributed by atoms with Gasteiger partial charge in [0.2, 0.25) is 0 Å². The Balaban J connectivity index is 2.13. The van der Waals surface area contributed by atoms with Crippen LogP contribution in [0.15, 0.2) is 11.6 Å². The molecule has 0 aromatic rings. The molecule has 0 amide bonds. The van der Waals surface area contributed by atoms with Crippen molar-refractivity contribution in [3.63, 3.8) is 0 Å². The number of hydrogen-bond donors (Lipinski definition) is 3. The zero-order valence-corrected chi connectivity index (χ0v) is 11.6. The van der Waals surface area contributed by atoms with Crippen molar-refractivity contribution < 1.29 is 15.3 Å². The zero-order valence-electron chi connectivity index (χ0n) is 11.6. The molecular weight excluding hydrogens is 228 g/mol. The molecule has 3 aliphatic carbocycles. The van der Waals surface area contributed by atoms with Gasteiger partial charge in [-0.2, -0.15) is 0 Å². The van der Waals surface area contributed by atoms with Crippen LogP contribution >= 0.6 is 0 Å². The largest absolute Gasteiger partial charge is 0.393 e. The van der Waals surface area contributed by atoms with Crippen LogP contribution in [0.25, 0.3) is 0 Å². The van der Waals surface area contributed by atoms with E-state index in [0.717, 1.165) is 12.0 Å². The summed E-state index contributed by atoms with van der Waals surface area (Å²) in [6.45, 7) is 8.39. The first-order valence-corrected chi connectivity index (χ1v) is 6.95. The molecule has 102 valence electrons. The predicted molar refractivity (Wildman–Crippen MR) is 68.8 cm³/mol. The van der Waals surface area contributed by atoms with E-state index in [9.17, 15) is 15.3 Å². The van der Waals surface area contributed by atoms with Crippen molar-refractivity contribution in [2.45, 2.75) is 58.3 Å². The normalized spacial score (nSPS) is 57.4. The highest BCUT2D eigenvalue weighted by Crippen LogP contribution is 2.68. The van der Waals surface area contributed by atoms with Crippen molar-refractivity contribution >= 4 is 0 Å². The first-order chi connectivity index (χ1) is 8.13. The first kappa shape index (κ1) is 12.6. The highest BCUT2D eigenvalue weighted by molar-refractivity contribution is 5.39. The van der Waals surface area contributed by atoms with E-state index in [0.29, 0.717) is 6.42 Å². The molecule has 0 radical (unpaired) electrons. The van der Waals surface area contributed by atoms with Gasteiger partial charge in [-0.1, -0.05) is 33.8 Å². The molecule has 0 saturated heterocycles. The van der Waals surface area contributed by atoms with E-state index < -0.39 is 23.2 Å². The van der Waals surface area contributed by atoms with Crippen molar-refractivity contribution in [2.24, 2.45) is 22.7 Å². The van der Waals surface area contributed by atoms with Crippen molar-refractivity contribution in [3.05, 3.63) is 11.6 Å². The molecule has 0 heterocycles. The van der Waals surface area contributed by atoms with Crippen LogP contribution < -0.4 is 0 Å². The third-order valence-corrected chi connectivity index (χ3v) is 6.16. The second-order valence-electron chi connectivity index (χ2n) is 7.56. The molecule has 3 N–H and O–H groups in total. The molecule has 18 heavy (non-hydrogen) atoms. The fraction of sp³-hybridized carbons (Fsp3) is 0.867. The Morgan fingerprint density at radius 2 is 1.78 bits per heavy atom. The van der Waals surface area contributed by atoms with Crippen LogP contribution in [0.2, 0.25) is 0 Å². The molecule has 0 aromatic heterocycles. The number of allylic oxidation sites excluding steroid dienone is 1. The Bertz CT molecular complexity index is 427. The SMILES string of the molecule is CC1C(O)CC2(O)C(O)C3=CC(C)(C)CC3C12C. The number of hydrogen-bond acceptors (Lipinski definition) is 3. The lowest BCUT2D eigenvalue weighted by molar-refractivity contribution is -0.114. The quantitative estimate of drug-likeness (QED) is 0.572. The lowest BCUT2D eigenvalue weighted by Crippen LogP contribution is -2.49. The summed E-state index contributed by atoms with van der Waals surface area (Å²) in [6, 6.07) is 0. The first-order valence-electron chi connectivity index (χ1n) is 6.95. The molecule has 3 aliphatic rings. The zero-order chi connectivity index (χ0) is 13.5. The van der Waals surface area contributed by atoms with Crippen LogP contribution in [-0.4, -0.2) is 33.1 Å². The standard InChI is InChI=1S/C15H24O3/c1-8-11(16)7-15(18)12(17)9-5-13(2,3)6-10(9)14(8,15)4/h5,8,10-12,16-18H,6-7H2,1-4H3. The minimum atomic E-state index is -1.15. The fourth-order valence-electron chi connectivity index (χ4n) is 4.89. The third kappa shape index (κ3) is 1.16. The molecule has 6 unspecified atom stereocenters. The summed E-state index contributed by atoms with van der Waals surface area (Å²) in [7, 11) is 0. The lowest BCUT2D eigenvalue weighted by atomic mass is 9.65. The van der Waals surface area contributed by atoms with Crippen molar-refractivity contribution in [1.82, 2.24) is 0 Å². The van der Waals surface area contributed by atoms with Gasteiger partial charge in [0.1, 0.15) is 11.7 Å². The van der Waals surface area contributed by atoms with Gasteiger partial charge >= 0.3 is 0 Å². The Kier molecular flexibility index (Phi) is 2.24. The van der Waals surface area contributed by atoms with Crippen LogP contribution in [0.4, 0.5) is 0 Å². The molecule has 3 nitrogen and oxygen atoms in total. The molecule has 0 aliphatic heterocycles. The Hall–Kier alpha value is -0.380. The molecule has 2 saturated carbocycles. The number of fused-ring (bicyclic) bond motifs is 3. The Labute approximate surface area is 109 Å². The van der Waals surface area contributed by atoms with Crippen molar-refractivity contribution in [2.75, 3.05) is 0 Å². The van der Waals surface area contributed by atoms with E-state index in [-0.39, 0.29) is 17.3 Å². The molecule has 3 rings (SSSR count). The van der Waals surface area contributed by atoms with E-state index in [1.165, 1.54) is 0 Å². The average molecular weight is 252 g/mol. The maximum atomic E-state index is 10.9. The maximum Gasteiger partial charge on any atom is 0.105 e. The Morgan fingerprint density at radius 3 is 2.39 bits per heavy atom. The van der Waals surface area contributed by atoms with Gasteiger partial charge < -0.3 is 15.3 Å². The Morgan fingerprint density at radius 1 is 1.17 bits per heavy atom. The smallest absolute Gasteiger partial charge is 0.105 e. The molecule has 3 heteroatoms. The van der Waals surface area contributed by atoms with Crippen LogP contribution in [0, 0.1) is 22.7 Å². The predicted octanol–water partition coefficient (Wildman–Crippen LogP) is 1.47. The number of aliphatic hydroxyl groups excluding tert-OH is 2. The lowest BCUT2D eigenvalue weighted by Gasteiger charge is -2.41. The topological polar surface area (TPSA) is 60.7 Å². The van der Waals surface area contributed by atoms with E-state index in [4.69, 9.17) is 0 Å². The minimum absolute atomic E-state index is 0.0157. The van der Waals surface area contributed by atoms with Gasteiger partial charge in [-0.25, -0.2) is 0 Å². The summed E-state index contributed by atoms with van der Waals surface area (Å²) in [4.78, 5) is 0. The van der Waals surface area contributed by atoms with E-state index in [1.54, 1.807) is 0 Å². The summed E-state index contributed by atoms with van der Waals surface area (Å²) < 4.78 is 0. The molecule has 2 fully saturated rings. The van der Waals surface area contributed by atoms with Crippen LogP contribution in [0.1, 0.15) is 40.5 Å². The second kappa shape index (κ2) is 3.20. The van der Waals surface area contributed by atoms with Gasteiger partial charge in [0.05, 0.1) is 6.10 Å². The molecule has 0 aromatic carbocycles. The van der Waals surface area contributed by atoms with Gasteiger partial charge in [0, 0.05) is 11.8 Å². The molecule has 0 bridgehead atoms. The van der Waals surface area contributed by atoms with E-state index in [1.807, 2.05) is 13.8 Å². The van der Waals surface area contributed by atoms with Crippen LogP contribution in [0.5, 0.6) is 0 Å². The highest BCUT2D eigenvalue weighted by Gasteiger charge is 2.72. The van der Waals surface area contributed by atoms with E-state index >= 15 is 0 Å². The summed E-state index contributed by atoms with van der Waals surface area (Å²) in [6.07, 6.45) is 2.06. The monoisotopic (exact) mass is 252 g/mol. The van der Waals surface area contributed by atoms with Crippen molar-refractivity contribution in [1.29, 1.82) is 0 Å². The van der Waals surface area contributed by atoms with Crippen LogP contribution in [0.3, 0.4) is 0 Å². The van der Waals surface area contributed by atoms with E-state index in [2.05, 4.69) is 19.9 Å². The number of aliphatic hydroxyl groups is 3.